The highest BCUT2D eigenvalue weighted by atomic mass is 15.2. The van der Waals surface area contributed by atoms with E-state index < -0.39 is 0 Å². The Bertz CT molecular complexity index is 562. The predicted molar refractivity (Wildman–Crippen MR) is 85.9 cm³/mol. The molecule has 21 heavy (non-hydrogen) atoms. The average Bonchev–Trinajstić information content (AvgIpc) is 2.94. The second-order valence-corrected chi connectivity index (χ2v) is 5.17. The molecule has 2 aromatic rings. The molecule has 114 valence electrons. The number of aryl methyl sites for hydroxylation is 2. The largest absolute Gasteiger partial charge is 0.370 e. The summed E-state index contributed by atoms with van der Waals surface area (Å²) in [6, 6.07) is 2.01. The van der Waals surface area contributed by atoms with Gasteiger partial charge in [-0.25, -0.2) is 15.0 Å². The van der Waals surface area contributed by atoms with Crippen LogP contribution in [0.3, 0.4) is 0 Å². The maximum atomic E-state index is 4.69. The number of hydrogen-bond acceptors (Lipinski definition) is 4. The molecular weight excluding hydrogens is 262 g/mol. The first-order valence-corrected chi connectivity index (χ1v) is 7.92. The highest BCUT2D eigenvalue weighted by Crippen LogP contribution is 2.15. The summed E-state index contributed by atoms with van der Waals surface area (Å²) in [5.74, 6) is 3.76. The molecule has 1 N–H and O–H groups in total. The normalized spacial score (nSPS) is 10.8. The van der Waals surface area contributed by atoms with E-state index >= 15 is 0 Å². The Morgan fingerprint density at radius 1 is 1.05 bits per heavy atom. The first-order valence-electron chi connectivity index (χ1n) is 7.92. The van der Waals surface area contributed by atoms with Gasteiger partial charge in [-0.15, -0.1) is 0 Å². The molecule has 5 heteroatoms. The van der Waals surface area contributed by atoms with Crippen molar-refractivity contribution in [3.05, 3.63) is 30.1 Å². The van der Waals surface area contributed by atoms with Crippen LogP contribution in [0.15, 0.2) is 18.5 Å². The van der Waals surface area contributed by atoms with Gasteiger partial charge < -0.3 is 5.32 Å². The fourth-order valence-electron chi connectivity index (χ4n) is 2.24. The minimum atomic E-state index is 0.893. The van der Waals surface area contributed by atoms with Crippen LogP contribution in [0.1, 0.15) is 51.7 Å². The van der Waals surface area contributed by atoms with E-state index in [1.807, 2.05) is 18.5 Å². The molecule has 0 aliphatic carbocycles. The third kappa shape index (κ3) is 4.03. The molecule has 0 atom stereocenters. The fourth-order valence-corrected chi connectivity index (χ4v) is 2.24. The number of aromatic nitrogens is 4. The topological polar surface area (TPSA) is 55.6 Å². The van der Waals surface area contributed by atoms with E-state index in [1.54, 1.807) is 0 Å². The standard InChI is InChI=1S/C16H25N5/c1-4-7-13-19-14(17-9-6-3)12-16(20-13)21-11-10-18-15(21)8-5-2/h10-12H,4-9H2,1-3H3,(H,17,19,20). The van der Waals surface area contributed by atoms with Gasteiger partial charge in [0.2, 0.25) is 0 Å². The number of nitrogens with one attached hydrogen (secondary N) is 1. The van der Waals surface area contributed by atoms with Crippen molar-refractivity contribution in [2.24, 2.45) is 0 Å². The van der Waals surface area contributed by atoms with Crippen molar-refractivity contribution in [1.29, 1.82) is 0 Å². The van der Waals surface area contributed by atoms with Crippen LogP contribution >= 0.6 is 0 Å². The van der Waals surface area contributed by atoms with Crippen molar-refractivity contribution in [3.8, 4) is 5.82 Å². The maximum absolute atomic E-state index is 4.69. The Labute approximate surface area is 126 Å². The SMILES string of the molecule is CCCNc1cc(-n2ccnc2CCC)nc(CCC)n1. The zero-order valence-electron chi connectivity index (χ0n) is 13.3. The van der Waals surface area contributed by atoms with Gasteiger partial charge in [0.05, 0.1) is 0 Å². The lowest BCUT2D eigenvalue weighted by molar-refractivity contribution is 0.774. The summed E-state index contributed by atoms with van der Waals surface area (Å²) in [7, 11) is 0. The van der Waals surface area contributed by atoms with Crippen molar-refractivity contribution in [1.82, 2.24) is 19.5 Å². The van der Waals surface area contributed by atoms with E-state index in [1.165, 1.54) is 0 Å². The van der Waals surface area contributed by atoms with Crippen LogP contribution in [0.2, 0.25) is 0 Å². The molecule has 2 heterocycles. The number of rotatable bonds is 8. The molecule has 0 saturated heterocycles. The Kier molecular flexibility index (Phi) is 5.72. The van der Waals surface area contributed by atoms with Crippen molar-refractivity contribution >= 4 is 5.82 Å². The van der Waals surface area contributed by atoms with E-state index in [0.717, 1.165) is 61.9 Å². The third-order valence-electron chi connectivity index (χ3n) is 3.23. The van der Waals surface area contributed by atoms with Gasteiger partial charge in [-0.1, -0.05) is 20.8 Å². The minimum Gasteiger partial charge on any atom is -0.370 e. The molecule has 0 aliphatic heterocycles. The fraction of sp³-hybridized carbons (Fsp3) is 0.562. The number of nitrogens with zero attached hydrogens (tertiary/aromatic N) is 4. The van der Waals surface area contributed by atoms with Crippen LogP contribution in [-0.2, 0) is 12.8 Å². The van der Waals surface area contributed by atoms with Gasteiger partial charge in [0.25, 0.3) is 0 Å². The molecule has 2 rings (SSSR count). The number of imidazole rings is 1. The molecule has 5 nitrogen and oxygen atoms in total. The smallest absolute Gasteiger partial charge is 0.143 e. The minimum absolute atomic E-state index is 0.893. The molecule has 0 radical (unpaired) electrons. The van der Waals surface area contributed by atoms with Crippen LogP contribution in [-0.4, -0.2) is 26.1 Å². The summed E-state index contributed by atoms with van der Waals surface area (Å²) < 4.78 is 2.07. The summed E-state index contributed by atoms with van der Waals surface area (Å²) in [6.07, 6.45) is 8.87. The summed E-state index contributed by atoms with van der Waals surface area (Å²) in [6.45, 7) is 7.38. The van der Waals surface area contributed by atoms with E-state index in [-0.39, 0.29) is 0 Å². The second-order valence-electron chi connectivity index (χ2n) is 5.17. The summed E-state index contributed by atoms with van der Waals surface area (Å²) in [5.41, 5.74) is 0. The summed E-state index contributed by atoms with van der Waals surface area (Å²) >= 11 is 0. The lowest BCUT2D eigenvalue weighted by Gasteiger charge is -2.11. The molecule has 2 aromatic heterocycles. The highest BCUT2D eigenvalue weighted by Gasteiger charge is 2.09. The zero-order valence-corrected chi connectivity index (χ0v) is 13.3. The zero-order chi connectivity index (χ0) is 15.1. The monoisotopic (exact) mass is 287 g/mol. The van der Waals surface area contributed by atoms with Crippen LogP contribution in [0, 0.1) is 0 Å². The van der Waals surface area contributed by atoms with Gasteiger partial charge in [0, 0.05) is 37.8 Å². The van der Waals surface area contributed by atoms with E-state index in [2.05, 4.69) is 45.6 Å². The van der Waals surface area contributed by atoms with Gasteiger partial charge >= 0.3 is 0 Å². The summed E-state index contributed by atoms with van der Waals surface area (Å²) in [5, 5.41) is 3.36. The Morgan fingerprint density at radius 3 is 2.57 bits per heavy atom. The Balaban J connectivity index is 2.36. The molecule has 0 fully saturated rings. The summed E-state index contributed by atoms with van der Waals surface area (Å²) in [4.78, 5) is 13.7. The highest BCUT2D eigenvalue weighted by molar-refractivity contribution is 5.42. The maximum Gasteiger partial charge on any atom is 0.143 e. The van der Waals surface area contributed by atoms with Crippen LogP contribution < -0.4 is 5.32 Å². The van der Waals surface area contributed by atoms with Gasteiger partial charge in [-0.2, -0.15) is 0 Å². The van der Waals surface area contributed by atoms with Gasteiger partial charge in [0.15, 0.2) is 0 Å². The molecule has 0 aromatic carbocycles. The molecule has 0 bridgehead atoms. The van der Waals surface area contributed by atoms with Crippen molar-refractivity contribution in [2.75, 3.05) is 11.9 Å². The van der Waals surface area contributed by atoms with Crippen molar-refractivity contribution in [2.45, 2.75) is 52.9 Å². The van der Waals surface area contributed by atoms with Crippen molar-refractivity contribution < 1.29 is 0 Å². The quantitative estimate of drug-likeness (QED) is 0.808. The average molecular weight is 287 g/mol. The third-order valence-corrected chi connectivity index (χ3v) is 3.23. The van der Waals surface area contributed by atoms with E-state index in [0.29, 0.717) is 0 Å². The van der Waals surface area contributed by atoms with Crippen LogP contribution in [0.4, 0.5) is 5.82 Å². The van der Waals surface area contributed by atoms with Gasteiger partial charge in [0.1, 0.15) is 23.3 Å². The Morgan fingerprint density at radius 2 is 1.86 bits per heavy atom. The first-order chi connectivity index (χ1) is 10.3. The molecule has 0 saturated carbocycles. The second kappa shape index (κ2) is 7.76. The first kappa shape index (κ1) is 15.5. The van der Waals surface area contributed by atoms with Gasteiger partial charge in [-0.3, -0.25) is 4.57 Å². The van der Waals surface area contributed by atoms with Gasteiger partial charge in [-0.05, 0) is 19.3 Å². The lowest BCUT2D eigenvalue weighted by Crippen LogP contribution is -2.10. The van der Waals surface area contributed by atoms with Crippen LogP contribution in [0.25, 0.3) is 5.82 Å². The van der Waals surface area contributed by atoms with E-state index in [9.17, 15) is 0 Å². The van der Waals surface area contributed by atoms with E-state index in [4.69, 9.17) is 0 Å². The van der Waals surface area contributed by atoms with Crippen molar-refractivity contribution in [3.63, 3.8) is 0 Å². The lowest BCUT2D eigenvalue weighted by atomic mass is 10.3. The molecular formula is C16H25N5. The number of anilines is 1. The van der Waals surface area contributed by atoms with Crippen LogP contribution in [0.5, 0.6) is 0 Å². The molecule has 0 aliphatic rings. The Hall–Kier alpha value is -1.91. The molecule has 0 spiro atoms. The molecule has 0 amide bonds. The predicted octanol–water partition coefficient (Wildman–Crippen LogP) is 3.39. The number of hydrogen-bond donors (Lipinski definition) is 1. The molecule has 0 unspecified atom stereocenters.